The predicted molar refractivity (Wildman–Crippen MR) is 55.4 cm³/mol. The van der Waals surface area contributed by atoms with Gasteiger partial charge in [-0.15, -0.1) is 12.4 Å². The second kappa shape index (κ2) is 4.33. The van der Waals surface area contributed by atoms with E-state index in [1.165, 1.54) is 6.92 Å². The third kappa shape index (κ3) is 1.92. The summed E-state index contributed by atoms with van der Waals surface area (Å²) in [7, 11) is 0. The van der Waals surface area contributed by atoms with Gasteiger partial charge in [-0.2, -0.15) is 4.39 Å². The molecule has 0 spiro atoms. The summed E-state index contributed by atoms with van der Waals surface area (Å²) in [5.74, 6) is -1.79. The Morgan fingerprint density at radius 1 is 1.40 bits per heavy atom. The summed E-state index contributed by atoms with van der Waals surface area (Å²) in [6.07, 6.45) is 0.636. The zero-order valence-corrected chi connectivity index (χ0v) is 9.04. The molecule has 0 radical (unpaired) electrons. The van der Waals surface area contributed by atoms with Gasteiger partial charge in [-0.05, 0) is 18.6 Å². The van der Waals surface area contributed by atoms with Crippen molar-refractivity contribution in [2.24, 2.45) is 5.73 Å². The first-order chi connectivity index (χ1) is 6.61. The first kappa shape index (κ1) is 12.2. The highest BCUT2D eigenvalue weighted by Gasteiger charge is 2.25. The molecule has 2 rings (SSSR count). The van der Waals surface area contributed by atoms with Crippen LogP contribution in [0.1, 0.15) is 23.6 Å². The van der Waals surface area contributed by atoms with Crippen LogP contribution in [0.3, 0.4) is 0 Å². The summed E-state index contributed by atoms with van der Waals surface area (Å²) in [6.45, 7) is 1.85. The Labute approximate surface area is 92.8 Å². The number of benzene rings is 1. The summed E-state index contributed by atoms with van der Waals surface area (Å²) < 4.78 is 31.6. The summed E-state index contributed by atoms with van der Waals surface area (Å²) in [6, 6.07) is 1.30. The third-order valence-corrected chi connectivity index (χ3v) is 2.45. The van der Waals surface area contributed by atoms with Gasteiger partial charge in [-0.1, -0.05) is 0 Å². The smallest absolute Gasteiger partial charge is 0.201 e. The molecule has 0 aliphatic carbocycles. The third-order valence-electron chi connectivity index (χ3n) is 2.45. The van der Waals surface area contributed by atoms with E-state index >= 15 is 0 Å². The zero-order chi connectivity index (χ0) is 10.3. The van der Waals surface area contributed by atoms with E-state index in [0.29, 0.717) is 18.6 Å². The van der Waals surface area contributed by atoms with E-state index in [2.05, 4.69) is 0 Å². The van der Waals surface area contributed by atoms with Crippen LogP contribution in [0, 0.1) is 18.6 Å². The molecule has 1 atom stereocenters. The average Bonchev–Trinajstić information content (AvgIpc) is 2.17. The summed E-state index contributed by atoms with van der Waals surface area (Å²) >= 11 is 0. The van der Waals surface area contributed by atoms with Crippen LogP contribution in [0.25, 0.3) is 0 Å². The molecule has 0 saturated carbocycles. The molecule has 0 saturated heterocycles. The van der Waals surface area contributed by atoms with Crippen molar-refractivity contribution in [1.29, 1.82) is 0 Å². The van der Waals surface area contributed by atoms with Crippen LogP contribution in [0.5, 0.6) is 5.75 Å². The molecular weight excluding hydrogens is 224 g/mol. The van der Waals surface area contributed by atoms with Crippen molar-refractivity contribution >= 4 is 12.4 Å². The lowest BCUT2D eigenvalue weighted by atomic mass is 9.99. The number of halogens is 3. The van der Waals surface area contributed by atoms with Gasteiger partial charge in [0.1, 0.15) is 0 Å². The van der Waals surface area contributed by atoms with Crippen molar-refractivity contribution in [3.8, 4) is 5.75 Å². The number of hydrogen-bond donors (Lipinski definition) is 1. The van der Waals surface area contributed by atoms with E-state index in [0.717, 1.165) is 0 Å². The van der Waals surface area contributed by atoms with Crippen LogP contribution in [-0.4, -0.2) is 6.61 Å². The van der Waals surface area contributed by atoms with Crippen molar-refractivity contribution in [3.63, 3.8) is 0 Å². The fourth-order valence-electron chi connectivity index (χ4n) is 1.63. The predicted octanol–water partition coefficient (Wildman–Crippen LogP) is 2.48. The highest BCUT2D eigenvalue weighted by molar-refractivity contribution is 5.85. The number of aryl methyl sites for hydroxylation is 1. The van der Waals surface area contributed by atoms with E-state index in [-0.39, 0.29) is 29.8 Å². The molecule has 0 unspecified atom stereocenters. The molecule has 2 N–H and O–H groups in total. The van der Waals surface area contributed by atoms with E-state index in [1.807, 2.05) is 0 Å². The van der Waals surface area contributed by atoms with E-state index in [4.69, 9.17) is 10.5 Å². The lowest BCUT2D eigenvalue weighted by molar-refractivity contribution is 0.250. The standard InChI is InChI=1S/C10H11F2NO.ClH/c1-5-4-6-7(13)2-3-14-10(6)9(12)8(5)11;/h4,7H,2-3,13H2,1H3;1H/t7-;/m0./s1. The van der Waals surface area contributed by atoms with Gasteiger partial charge in [0, 0.05) is 18.0 Å². The number of nitrogens with two attached hydrogens (primary N) is 1. The number of hydrogen-bond acceptors (Lipinski definition) is 2. The minimum absolute atomic E-state index is 0. The van der Waals surface area contributed by atoms with Gasteiger partial charge in [0.15, 0.2) is 11.6 Å². The minimum Gasteiger partial charge on any atom is -0.490 e. The summed E-state index contributed by atoms with van der Waals surface area (Å²) in [5.41, 5.74) is 6.59. The fraction of sp³-hybridized carbons (Fsp3) is 0.400. The van der Waals surface area contributed by atoms with Crippen molar-refractivity contribution < 1.29 is 13.5 Å². The molecule has 1 aromatic rings. The highest BCUT2D eigenvalue weighted by atomic mass is 35.5. The van der Waals surface area contributed by atoms with Crippen LogP contribution in [0.2, 0.25) is 0 Å². The van der Waals surface area contributed by atoms with Crippen LogP contribution in [0.4, 0.5) is 8.78 Å². The highest BCUT2D eigenvalue weighted by Crippen LogP contribution is 2.35. The molecule has 1 heterocycles. The lowest BCUT2D eigenvalue weighted by Crippen LogP contribution is -2.22. The SMILES string of the molecule is Cc1cc2c(c(F)c1F)OCC[C@@H]2N.Cl. The second-order valence-corrected chi connectivity index (χ2v) is 3.48. The number of ether oxygens (including phenoxy) is 1. The van der Waals surface area contributed by atoms with E-state index in [1.54, 1.807) is 6.07 Å². The largest absolute Gasteiger partial charge is 0.490 e. The van der Waals surface area contributed by atoms with Crippen LogP contribution >= 0.6 is 12.4 Å². The Hall–Kier alpha value is -0.870. The number of rotatable bonds is 0. The van der Waals surface area contributed by atoms with E-state index in [9.17, 15) is 8.78 Å². The van der Waals surface area contributed by atoms with Crippen molar-refractivity contribution in [2.75, 3.05) is 6.61 Å². The molecule has 2 nitrogen and oxygen atoms in total. The second-order valence-electron chi connectivity index (χ2n) is 3.48. The maximum atomic E-state index is 13.4. The molecule has 0 bridgehead atoms. The summed E-state index contributed by atoms with van der Waals surface area (Å²) in [5, 5.41) is 0. The summed E-state index contributed by atoms with van der Waals surface area (Å²) in [4.78, 5) is 0. The van der Waals surface area contributed by atoms with Gasteiger partial charge in [-0.25, -0.2) is 4.39 Å². The maximum absolute atomic E-state index is 13.4. The zero-order valence-electron chi connectivity index (χ0n) is 8.22. The normalized spacial score (nSPS) is 18.8. The van der Waals surface area contributed by atoms with Gasteiger partial charge in [0.05, 0.1) is 6.61 Å². The Kier molecular flexibility index (Phi) is 3.52. The van der Waals surface area contributed by atoms with Gasteiger partial charge in [-0.3, -0.25) is 0 Å². The molecule has 1 aromatic carbocycles. The quantitative estimate of drug-likeness (QED) is 0.750. The Morgan fingerprint density at radius 3 is 2.73 bits per heavy atom. The van der Waals surface area contributed by atoms with Crippen molar-refractivity contribution in [3.05, 3.63) is 28.8 Å². The molecular formula is C10H12ClF2NO. The number of fused-ring (bicyclic) bond motifs is 1. The monoisotopic (exact) mass is 235 g/mol. The molecule has 1 aliphatic heterocycles. The molecule has 15 heavy (non-hydrogen) atoms. The molecule has 1 aliphatic rings. The van der Waals surface area contributed by atoms with Crippen LogP contribution in [0.15, 0.2) is 6.07 Å². The molecule has 84 valence electrons. The molecule has 5 heteroatoms. The first-order valence-corrected chi connectivity index (χ1v) is 4.48. The van der Waals surface area contributed by atoms with Crippen LogP contribution < -0.4 is 10.5 Å². The molecule has 0 aromatic heterocycles. The van der Waals surface area contributed by atoms with Gasteiger partial charge >= 0.3 is 0 Å². The molecule has 0 amide bonds. The fourth-order valence-corrected chi connectivity index (χ4v) is 1.63. The molecule has 0 fully saturated rings. The Bertz CT molecular complexity index is 384. The van der Waals surface area contributed by atoms with Gasteiger partial charge in [0.2, 0.25) is 5.82 Å². The topological polar surface area (TPSA) is 35.2 Å². The first-order valence-electron chi connectivity index (χ1n) is 4.48. The Morgan fingerprint density at radius 2 is 2.07 bits per heavy atom. The van der Waals surface area contributed by atoms with E-state index < -0.39 is 11.6 Å². The average molecular weight is 236 g/mol. The van der Waals surface area contributed by atoms with Crippen molar-refractivity contribution in [2.45, 2.75) is 19.4 Å². The van der Waals surface area contributed by atoms with Crippen LogP contribution in [-0.2, 0) is 0 Å². The Balaban J connectivity index is 0.00000112. The van der Waals surface area contributed by atoms with Gasteiger partial charge < -0.3 is 10.5 Å². The minimum atomic E-state index is -0.921. The van der Waals surface area contributed by atoms with Gasteiger partial charge in [0.25, 0.3) is 0 Å². The maximum Gasteiger partial charge on any atom is 0.201 e. The van der Waals surface area contributed by atoms with Crippen molar-refractivity contribution in [1.82, 2.24) is 0 Å². The lowest BCUT2D eigenvalue weighted by Gasteiger charge is -2.23.